The third kappa shape index (κ3) is 3.95. The first-order chi connectivity index (χ1) is 17.3. The van der Waals surface area contributed by atoms with E-state index in [9.17, 15) is 0 Å². The maximum atomic E-state index is 3.92. The SMILES string of the molecule is c1ccc2c(c1)SC(c1c[nH]c(C3(C4CCCCC4)Sc4ccccc4S3)c1)(C1CCCCC1)S2. The van der Waals surface area contributed by atoms with Gasteiger partial charge in [-0.3, -0.25) is 0 Å². The van der Waals surface area contributed by atoms with Crippen LogP contribution < -0.4 is 0 Å². The Hall–Kier alpha value is -0.880. The van der Waals surface area contributed by atoms with Crippen molar-refractivity contribution in [3.63, 3.8) is 0 Å². The van der Waals surface area contributed by atoms with Crippen LogP contribution in [0.2, 0.25) is 0 Å². The molecule has 2 aliphatic heterocycles. The van der Waals surface area contributed by atoms with E-state index in [1.807, 2.05) is 0 Å². The summed E-state index contributed by atoms with van der Waals surface area (Å²) in [5.41, 5.74) is 2.98. The highest BCUT2D eigenvalue weighted by Gasteiger charge is 2.51. The van der Waals surface area contributed by atoms with E-state index in [1.165, 1.54) is 95.0 Å². The Morgan fingerprint density at radius 1 is 0.571 bits per heavy atom. The predicted octanol–water partition coefficient (Wildman–Crippen LogP) is 10.3. The van der Waals surface area contributed by atoms with Crippen molar-refractivity contribution in [1.29, 1.82) is 0 Å². The average Bonchev–Trinajstić information content (AvgIpc) is 3.66. The maximum Gasteiger partial charge on any atom is 0.113 e. The molecule has 0 saturated heterocycles. The van der Waals surface area contributed by atoms with Gasteiger partial charge in [0.25, 0.3) is 0 Å². The van der Waals surface area contributed by atoms with Gasteiger partial charge < -0.3 is 4.98 Å². The molecular weight excluding hydrogens is 503 g/mol. The fraction of sp³-hybridized carbons (Fsp3) is 0.467. The van der Waals surface area contributed by atoms with Crippen LogP contribution in [0.5, 0.6) is 0 Å². The van der Waals surface area contributed by atoms with Crippen LogP contribution >= 0.6 is 47.0 Å². The van der Waals surface area contributed by atoms with Crippen molar-refractivity contribution in [3.05, 3.63) is 72.1 Å². The van der Waals surface area contributed by atoms with E-state index in [-0.39, 0.29) is 8.16 Å². The number of aromatic nitrogens is 1. The first-order valence-corrected chi connectivity index (χ1v) is 16.7. The second kappa shape index (κ2) is 9.45. The van der Waals surface area contributed by atoms with Crippen molar-refractivity contribution < 1.29 is 0 Å². The number of thioether (sulfide) groups is 4. The van der Waals surface area contributed by atoms with Gasteiger partial charge in [0.2, 0.25) is 0 Å². The highest BCUT2D eigenvalue weighted by Crippen LogP contribution is 2.69. The topological polar surface area (TPSA) is 15.8 Å². The van der Waals surface area contributed by atoms with Gasteiger partial charge in [0, 0.05) is 31.5 Å². The second-order valence-corrected chi connectivity index (χ2v) is 16.3. The van der Waals surface area contributed by atoms with Gasteiger partial charge in [0.15, 0.2) is 0 Å². The molecule has 4 aliphatic rings. The summed E-state index contributed by atoms with van der Waals surface area (Å²) in [6.45, 7) is 0. The number of benzene rings is 2. The van der Waals surface area contributed by atoms with Crippen LogP contribution in [0.4, 0.5) is 0 Å². The van der Waals surface area contributed by atoms with Crippen LogP contribution in [0, 0.1) is 11.8 Å². The molecule has 182 valence electrons. The molecule has 0 bridgehead atoms. The summed E-state index contributed by atoms with van der Waals surface area (Å²) in [6.07, 6.45) is 16.2. The summed E-state index contributed by atoms with van der Waals surface area (Å²) < 4.78 is 0.185. The second-order valence-electron chi connectivity index (χ2n) is 10.6. The van der Waals surface area contributed by atoms with Crippen LogP contribution in [-0.4, -0.2) is 4.98 Å². The number of aromatic amines is 1. The van der Waals surface area contributed by atoms with E-state index < -0.39 is 0 Å². The lowest BCUT2D eigenvalue weighted by Gasteiger charge is -2.39. The van der Waals surface area contributed by atoms with Crippen LogP contribution in [0.1, 0.15) is 75.5 Å². The number of H-pyrrole nitrogens is 1. The first kappa shape index (κ1) is 23.3. The molecule has 1 aromatic heterocycles. The van der Waals surface area contributed by atoms with E-state index >= 15 is 0 Å². The van der Waals surface area contributed by atoms with E-state index in [0.717, 1.165) is 11.8 Å². The molecule has 3 aromatic rings. The van der Waals surface area contributed by atoms with Gasteiger partial charge in [-0.2, -0.15) is 0 Å². The van der Waals surface area contributed by atoms with Crippen molar-refractivity contribution in [1.82, 2.24) is 4.98 Å². The number of fused-ring (bicyclic) bond motifs is 2. The van der Waals surface area contributed by atoms with Crippen LogP contribution in [0.3, 0.4) is 0 Å². The summed E-state index contributed by atoms with van der Waals surface area (Å²) in [5.74, 6) is 1.45. The number of rotatable bonds is 4. The van der Waals surface area contributed by atoms with Crippen molar-refractivity contribution in [2.24, 2.45) is 11.8 Å². The van der Waals surface area contributed by atoms with E-state index in [0.29, 0.717) is 0 Å². The van der Waals surface area contributed by atoms with Gasteiger partial charge in [0.05, 0.1) is 4.08 Å². The lowest BCUT2D eigenvalue weighted by Crippen LogP contribution is -2.30. The minimum atomic E-state index is 0.0803. The quantitative estimate of drug-likeness (QED) is 0.357. The average molecular weight is 536 g/mol. The molecule has 2 aromatic carbocycles. The first-order valence-electron chi connectivity index (χ1n) is 13.4. The number of hydrogen-bond acceptors (Lipinski definition) is 4. The molecule has 1 nitrogen and oxygen atoms in total. The number of hydrogen-bond donors (Lipinski definition) is 1. The molecule has 2 aliphatic carbocycles. The third-order valence-electron chi connectivity index (χ3n) is 8.49. The molecule has 0 unspecified atom stereocenters. The fourth-order valence-corrected chi connectivity index (χ4v) is 13.7. The molecular formula is C30H33NS4. The van der Waals surface area contributed by atoms with Gasteiger partial charge >= 0.3 is 0 Å². The zero-order valence-electron chi connectivity index (χ0n) is 20.1. The molecule has 5 heteroatoms. The van der Waals surface area contributed by atoms with Gasteiger partial charge in [-0.05, 0) is 73.4 Å². The maximum absolute atomic E-state index is 3.92. The van der Waals surface area contributed by atoms with E-state index in [1.54, 1.807) is 0 Å². The van der Waals surface area contributed by atoms with Crippen molar-refractivity contribution in [3.8, 4) is 0 Å². The highest BCUT2D eigenvalue weighted by atomic mass is 32.2. The predicted molar refractivity (Wildman–Crippen MR) is 154 cm³/mol. The number of nitrogens with one attached hydrogen (secondary N) is 1. The largest absolute Gasteiger partial charge is 0.363 e. The Labute approximate surface area is 226 Å². The summed E-state index contributed by atoms with van der Waals surface area (Å²) in [6, 6.07) is 20.8. The Morgan fingerprint density at radius 3 is 1.49 bits per heavy atom. The minimum Gasteiger partial charge on any atom is -0.363 e. The fourth-order valence-electron chi connectivity index (χ4n) is 6.71. The lowest BCUT2D eigenvalue weighted by molar-refractivity contribution is 0.333. The molecule has 0 radical (unpaired) electrons. The summed E-state index contributed by atoms with van der Waals surface area (Å²) in [4.78, 5) is 9.81. The van der Waals surface area contributed by atoms with Crippen LogP contribution in [-0.2, 0) is 8.16 Å². The van der Waals surface area contributed by atoms with E-state index in [4.69, 9.17) is 0 Å². The molecule has 0 atom stereocenters. The Morgan fingerprint density at radius 2 is 1.00 bits per heavy atom. The standard InChI is InChI=1S/C30H33NS4/c1-3-11-21(12-4-1)29(32-24-15-7-8-16-25(24)33-29)23-19-28(31-20-23)30(22-13-5-2-6-14-22)34-26-17-9-10-18-27(26)35-30/h7-10,15-22,31H,1-6,11-14H2. The third-order valence-corrected chi connectivity index (χ3v) is 15.5. The molecule has 1 N–H and O–H groups in total. The Kier molecular flexibility index (Phi) is 6.28. The van der Waals surface area contributed by atoms with Crippen LogP contribution in [0.15, 0.2) is 80.4 Å². The van der Waals surface area contributed by atoms with Crippen LogP contribution in [0.25, 0.3) is 0 Å². The molecule has 0 amide bonds. The molecule has 7 rings (SSSR count). The summed E-state index contributed by atoms with van der Waals surface area (Å²) in [7, 11) is 0. The zero-order valence-corrected chi connectivity index (χ0v) is 23.4. The minimum absolute atomic E-state index is 0.0803. The van der Waals surface area contributed by atoms with Crippen molar-refractivity contribution in [2.45, 2.75) is 91.9 Å². The zero-order chi connectivity index (χ0) is 23.3. The summed E-state index contributed by atoms with van der Waals surface area (Å²) in [5, 5.41) is 0. The van der Waals surface area contributed by atoms with Gasteiger partial charge in [0.1, 0.15) is 4.08 Å². The Balaban J connectivity index is 1.30. The summed E-state index contributed by atoms with van der Waals surface area (Å²) >= 11 is 8.58. The molecule has 0 spiro atoms. The Bertz CT molecular complexity index is 1060. The molecule has 35 heavy (non-hydrogen) atoms. The molecule has 3 heterocycles. The van der Waals surface area contributed by atoms with Crippen molar-refractivity contribution >= 4 is 47.0 Å². The van der Waals surface area contributed by atoms with Gasteiger partial charge in [-0.15, -0.1) is 47.0 Å². The highest BCUT2D eigenvalue weighted by molar-refractivity contribution is 8.20. The molecule has 2 saturated carbocycles. The molecule has 2 fully saturated rings. The lowest BCUT2D eigenvalue weighted by atomic mass is 9.83. The van der Waals surface area contributed by atoms with E-state index in [2.05, 4.69) is 113 Å². The monoisotopic (exact) mass is 535 g/mol. The van der Waals surface area contributed by atoms with Gasteiger partial charge in [-0.25, -0.2) is 0 Å². The smallest absolute Gasteiger partial charge is 0.113 e. The normalized spacial score (nSPS) is 23.8. The van der Waals surface area contributed by atoms with Gasteiger partial charge in [-0.1, -0.05) is 62.8 Å². The van der Waals surface area contributed by atoms with Crippen molar-refractivity contribution in [2.75, 3.05) is 0 Å².